The van der Waals surface area contributed by atoms with Gasteiger partial charge >= 0.3 is 6.18 Å². The van der Waals surface area contributed by atoms with E-state index in [2.05, 4.69) is 4.99 Å². The van der Waals surface area contributed by atoms with Crippen LogP contribution in [0.15, 0.2) is 4.99 Å². The van der Waals surface area contributed by atoms with Gasteiger partial charge in [0.2, 0.25) is 5.84 Å². The highest BCUT2D eigenvalue weighted by molar-refractivity contribution is 5.86. The molecule has 0 aromatic heterocycles. The second-order valence-electron chi connectivity index (χ2n) is 1.91. The van der Waals surface area contributed by atoms with Crippen LogP contribution >= 0.6 is 0 Å². The Morgan fingerprint density at radius 3 is 2.09 bits per heavy atom. The Kier molecular flexibility index (Phi) is 3.31. The number of amidine groups is 1. The summed E-state index contributed by atoms with van der Waals surface area (Å²) in [5.74, 6) is 3.84. The molecule has 3 nitrogen and oxygen atoms in total. The quantitative estimate of drug-likeness (QED) is 0.272. The van der Waals surface area contributed by atoms with E-state index in [-0.39, 0.29) is 6.54 Å². The summed E-state index contributed by atoms with van der Waals surface area (Å²) in [6.45, 7) is 1.58. The molecule has 0 amide bonds. The maximum Gasteiger partial charge on any atom is 0.450 e. The van der Waals surface area contributed by atoms with Crippen molar-refractivity contribution in [1.82, 2.24) is 5.01 Å². The number of aliphatic imine (C=N–C) groups is 1. The third-order valence-electron chi connectivity index (χ3n) is 0.896. The molecule has 0 saturated heterocycles. The average molecular weight is 169 g/mol. The lowest BCUT2D eigenvalue weighted by Crippen LogP contribution is -2.43. The molecular weight excluding hydrogens is 159 g/mol. The first kappa shape index (κ1) is 10.2. The maximum atomic E-state index is 11.9. The minimum Gasteiger partial charge on any atom is -0.294 e. The summed E-state index contributed by atoms with van der Waals surface area (Å²) in [6.07, 6.45) is -4.46. The van der Waals surface area contributed by atoms with E-state index in [9.17, 15) is 13.2 Å². The second kappa shape index (κ2) is 3.56. The molecule has 0 aliphatic rings. The van der Waals surface area contributed by atoms with Gasteiger partial charge in [0.15, 0.2) is 0 Å². The Bertz CT molecular complexity index is 150. The van der Waals surface area contributed by atoms with Gasteiger partial charge in [-0.3, -0.25) is 10.0 Å². The number of hydrazine groups is 1. The molecule has 0 heterocycles. The molecule has 0 aliphatic heterocycles. The predicted molar refractivity (Wildman–Crippen MR) is 36.0 cm³/mol. The molecule has 2 N–H and O–H groups in total. The largest absolute Gasteiger partial charge is 0.450 e. The first-order chi connectivity index (χ1) is 4.89. The lowest BCUT2D eigenvalue weighted by molar-refractivity contribution is -0.0680. The number of hydrogen-bond acceptors (Lipinski definition) is 2. The normalized spacial score (nSPS) is 13.5. The van der Waals surface area contributed by atoms with Gasteiger partial charge in [0, 0.05) is 13.6 Å². The Balaban J connectivity index is 4.49. The van der Waals surface area contributed by atoms with Crippen LogP contribution in [0.5, 0.6) is 0 Å². The highest BCUT2D eigenvalue weighted by Gasteiger charge is 2.37. The molecule has 0 unspecified atom stereocenters. The van der Waals surface area contributed by atoms with Crippen LogP contribution in [-0.2, 0) is 0 Å². The summed E-state index contributed by atoms with van der Waals surface area (Å²) in [6, 6.07) is 0. The smallest absolute Gasteiger partial charge is 0.294 e. The van der Waals surface area contributed by atoms with Crippen molar-refractivity contribution >= 4 is 5.84 Å². The Morgan fingerprint density at radius 2 is 2.00 bits per heavy atom. The number of rotatable bonds is 1. The lowest BCUT2D eigenvalue weighted by atomic mass is 10.5. The molecule has 0 aliphatic carbocycles. The van der Waals surface area contributed by atoms with Crippen molar-refractivity contribution in [1.29, 1.82) is 0 Å². The predicted octanol–water partition coefficient (Wildman–Crippen LogP) is 0.773. The summed E-state index contributed by atoms with van der Waals surface area (Å²) in [5, 5.41) is 0.462. The van der Waals surface area contributed by atoms with Crippen molar-refractivity contribution in [3.05, 3.63) is 0 Å². The van der Waals surface area contributed by atoms with Gasteiger partial charge < -0.3 is 0 Å². The molecule has 6 heteroatoms. The minimum absolute atomic E-state index is 0.0659. The van der Waals surface area contributed by atoms with Gasteiger partial charge in [-0.05, 0) is 6.92 Å². The number of alkyl halides is 3. The van der Waals surface area contributed by atoms with Crippen LogP contribution in [0.2, 0.25) is 0 Å². The number of hydrogen-bond donors (Lipinski definition) is 1. The molecule has 0 atom stereocenters. The molecule has 66 valence electrons. The highest BCUT2D eigenvalue weighted by atomic mass is 19.4. The fourth-order valence-electron chi connectivity index (χ4n) is 0.551. The Hall–Kier alpha value is -0.780. The average Bonchev–Trinajstić information content (AvgIpc) is 1.79. The summed E-state index contributed by atoms with van der Waals surface area (Å²) < 4.78 is 35.7. The molecule has 11 heavy (non-hydrogen) atoms. The second-order valence-corrected chi connectivity index (χ2v) is 1.91. The monoisotopic (exact) mass is 169 g/mol. The van der Waals surface area contributed by atoms with Gasteiger partial charge in [-0.2, -0.15) is 13.2 Å². The van der Waals surface area contributed by atoms with E-state index in [0.717, 1.165) is 7.05 Å². The molecule has 0 bridgehead atoms. The van der Waals surface area contributed by atoms with Crippen LogP contribution in [0, 0.1) is 0 Å². The molecule has 0 spiro atoms. The first-order valence-corrected chi connectivity index (χ1v) is 2.99. The molecule has 0 saturated carbocycles. The van der Waals surface area contributed by atoms with E-state index in [1.54, 1.807) is 0 Å². The van der Waals surface area contributed by atoms with Crippen molar-refractivity contribution in [2.75, 3.05) is 13.6 Å². The van der Waals surface area contributed by atoms with Crippen molar-refractivity contribution in [2.24, 2.45) is 10.8 Å². The Labute approximate surface area is 62.7 Å². The van der Waals surface area contributed by atoms with E-state index in [0.29, 0.717) is 5.01 Å². The number of nitrogens with two attached hydrogens (primary N) is 1. The number of halogens is 3. The van der Waals surface area contributed by atoms with E-state index in [1.807, 2.05) is 0 Å². The highest BCUT2D eigenvalue weighted by Crippen LogP contribution is 2.17. The third-order valence-corrected chi connectivity index (χ3v) is 0.896. The molecule has 0 aromatic rings. The van der Waals surface area contributed by atoms with Gasteiger partial charge in [-0.15, -0.1) is 0 Å². The molecular formula is C5H10F3N3. The van der Waals surface area contributed by atoms with Crippen LogP contribution < -0.4 is 5.84 Å². The fraction of sp³-hybridized carbons (Fsp3) is 0.800. The van der Waals surface area contributed by atoms with Gasteiger partial charge in [0.05, 0.1) is 0 Å². The van der Waals surface area contributed by atoms with Crippen LogP contribution in [0.25, 0.3) is 0 Å². The molecule has 0 rings (SSSR count). The van der Waals surface area contributed by atoms with Gasteiger partial charge in [-0.1, -0.05) is 0 Å². The van der Waals surface area contributed by atoms with E-state index in [1.165, 1.54) is 6.92 Å². The fourth-order valence-corrected chi connectivity index (χ4v) is 0.551. The topological polar surface area (TPSA) is 41.6 Å². The van der Waals surface area contributed by atoms with Gasteiger partial charge in [0.25, 0.3) is 0 Å². The zero-order chi connectivity index (χ0) is 9.07. The first-order valence-electron chi connectivity index (χ1n) is 2.99. The molecule has 0 radical (unpaired) electrons. The van der Waals surface area contributed by atoms with Crippen molar-refractivity contribution in [3.8, 4) is 0 Å². The van der Waals surface area contributed by atoms with Crippen molar-refractivity contribution in [3.63, 3.8) is 0 Å². The standard InChI is InChI=1S/C5H10F3N3/c1-3-10-4(11(2)9)5(6,7)8/h3,9H2,1-2H3. The van der Waals surface area contributed by atoms with Crippen molar-refractivity contribution in [2.45, 2.75) is 13.1 Å². The summed E-state index contributed by atoms with van der Waals surface area (Å²) in [4.78, 5) is 3.19. The van der Waals surface area contributed by atoms with E-state index >= 15 is 0 Å². The number of nitrogens with zero attached hydrogens (tertiary/aromatic N) is 2. The maximum absolute atomic E-state index is 11.9. The molecule has 0 aromatic carbocycles. The van der Waals surface area contributed by atoms with Crippen LogP contribution in [-0.4, -0.2) is 30.6 Å². The molecule has 0 fully saturated rings. The Morgan fingerprint density at radius 1 is 1.55 bits per heavy atom. The van der Waals surface area contributed by atoms with Gasteiger partial charge in [0.1, 0.15) is 0 Å². The zero-order valence-electron chi connectivity index (χ0n) is 6.31. The van der Waals surface area contributed by atoms with Crippen molar-refractivity contribution < 1.29 is 13.2 Å². The third kappa shape index (κ3) is 3.22. The summed E-state index contributed by atoms with van der Waals surface area (Å²) in [7, 11) is 1.10. The van der Waals surface area contributed by atoms with E-state index < -0.39 is 12.0 Å². The van der Waals surface area contributed by atoms with E-state index in [4.69, 9.17) is 5.84 Å². The van der Waals surface area contributed by atoms with Gasteiger partial charge in [-0.25, -0.2) is 5.84 Å². The van der Waals surface area contributed by atoms with Crippen LogP contribution in [0.4, 0.5) is 13.2 Å². The zero-order valence-corrected chi connectivity index (χ0v) is 6.31. The summed E-state index contributed by atoms with van der Waals surface area (Å²) >= 11 is 0. The summed E-state index contributed by atoms with van der Waals surface area (Å²) in [5.41, 5.74) is 0. The lowest BCUT2D eigenvalue weighted by Gasteiger charge is -2.17. The SMILES string of the molecule is CCN=C(N(C)N)C(F)(F)F. The van der Waals surface area contributed by atoms with Crippen LogP contribution in [0.3, 0.4) is 0 Å². The van der Waals surface area contributed by atoms with Crippen LogP contribution in [0.1, 0.15) is 6.92 Å². The minimum atomic E-state index is -4.46.